The number of hydrogen-bond acceptors (Lipinski definition) is 4. The number of hydrogen-bond donors (Lipinski definition) is 1. The van der Waals surface area contributed by atoms with Gasteiger partial charge < -0.3 is 10.2 Å². The Morgan fingerprint density at radius 1 is 1.35 bits per heavy atom. The van der Waals surface area contributed by atoms with Crippen molar-refractivity contribution >= 4 is 21.6 Å². The maximum Gasteiger partial charge on any atom is 0.275 e. The Hall–Kier alpha value is -0.980. The third-order valence-electron chi connectivity index (χ3n) is 3.15. The van der Waals surface area contributed by atoms with Crippen LogP contribution in [0.25, 0.3) is 0 Å². The van der Waals surface area contributed by atoms with Gasteiger partial charge in [0, 0.05) is 35.7 Å². The van der Waals surface area contributed by atoms with E-state index >= 15 is 0 Å². The summed E-state index contributed by atoms with van der Waals surface area (Å²) in [6.07, 6.45) is 1.14. The zero-order chi connectivity index (χ0) is 15.0. The first-order chi connectivity index (χ1) is 9.58. The van der Waals surface area contributed by atoms with Gasteiger partial charge in [0.1, 0.15) is 0 Å². The number of likely N-dealkylation sites (N-methyl/N-ethyl adjacent to an activating group) is 1. The molecule has 1 aromatic rings. The Morgan fingerprint density at radius 3 is 2.70 bits per heavy atom. The SMILES string of the molecule is CCCN(CC)CCNCc1ccc(Br)cc1[N+](=O)[O-]. The average molecular weight is 344 g/mol. The molecule has 0 aliphatic heterocycles. The van der Waals surface area contributed by atoms with E-state index in [0.29, 0.717) is 6.54 Å². The van der Waals surface area contributed by atoms with Gasteiger partial charge in [0.05, 0.1) is 4.92 Å². The van der Waals surface area contributed by atoms with E-state index < -0.39 is 0 Å². The maximum absolute atomic E-state index is 11.0. The minimum atomic E-state index is -0.336. The van der Waals surface area contributed by atoms with Gasteiger partial charge in [-0.25, -0.2) is 0 Å². The van der Waals surface area contributed by atoms with E-state index in [1.54, 1.807) is 12.1 Å². The van der Waals surface area contributed by atoms with Crippen LogP contribution in [0.5, 0.6) is 0 Å². The average Bonchev–Trinajstić information content (AvgIpc) is 2.43. The molecule has 0 aliphatic rings. The highest BCUT2D eigenvalue weighted by Gasteiger charge is 2.13. The number of nitrogens with zero attached hydrogens (tertiary/aromatic N) is 2. The van der Waals surface area contributed by atoms with Crippen LogP contribution in [-0.4, -0.2) is 36.0 Å². The Morgan fingerprint density at radius 2 is 2.10 bits per heavy atom. The lowest BCUT2D eigenvalue weighted by atomic mass is 10.2. The van der Waals surface area contributed by atoms with Gasteiger partial charge in [0.15, 0.2) is 0 Å². The van der Waals surface area contributed by atoms with Gasteiger partial charge in [0.2, 0.25) is 0 Å². The van der Waals surface area contributed by atoms with E-state index in [9.17, 15) is 10.1 Å². The molecule has 0 unspecified atom stereocenters. The first kappa shape index (κ1) is 17.1. The molecule has 1 rings (SSSR count). The summed E-state index contributed by atoms with van der Waals surface area (Å²) >= 11 is 3.26. The van der Waals surface area contributed by atoms with Gasteiger partial charge in [-0.15, -0.1) is 0 Å². The Labute approximate surface area is 128 Å². The maximum atomic E-state index is 11.0. The van der Waals surface area contributed by atoms with Crippen LogP contribution in [-0.2, 0) is 6.54 Å². The number of benzene rings is 1. The van der Waals surface area contributed by atoms with Crippen molar-refractivity contribution < 1.29 is 4.92 Å². The molecule has 0 aromatic heterocycles. The highest BCUT2D eigenvalue weighted by molar-refractivity contribution is 9.10. The van der Waals surface area contributed by atoms with Crippen LogP contribution in [0.15, 0.2) is 22.7 Å². The molecule has 1 N–H and O–H groups in total. The molecule has 20 heavy (non-hydrogen) atoms. The van der Waals surface area contributed by atoms with Crippen LogP contribution in [0.4, 0.5) is 5.69 Å². The molecule has 0 amide bonds. The van der Waals surface area contributed by atoms with Crippen LogP contribution >= 0.6 is 15.9 Å². The largest absolute Gasteiger partial charge is 0.311 e. The van der Waals surface area contributed by atoms with Crippen molar-refractivity contribution in [2.45, 2.75) is 26.8 Å². The Balaban J connectivity index is 2.48. The third kappa shape index (κ3) is 5.56. The summed E-state index contributed by atoms with van der Waals surface area (Å²) in [5.74, 6) is 0. The quantitative estimate of drug-likeness (QED) is 0.425. The molecule has 0 fully saturated rings. The van der Waals surface area contributed by atoms with Crippen molar-refractivity contribution in [3.05, 3.63) is 38.3 Å². The first-order valence-electron chi connectivity index (χ1n) is 6.94. The molecule has 112 valence electrons. The molecule has 0 atom stereocenters. The summed E-state index contributed by atoms with van der Waals surface area (Å²) in [4.78, 5) is 13.0. The topological polar surface area (TPSA) is 58.4 Å². The monoisotopic (exact) mass is 343 g/mol. The molecule has 1 aromatic carbocycles. The van der Waals surface area contributed by atoms with Crippen LogP contribution in [0.2, 0.25) is 0 Å². The van der Waals surface area contributed by atoms with Crippen LogP contribution in [0.3, 0.4) is 0 Å². The highest BCUT2D eigenvalue weighted by atomic mass is 79.9. The number of rotatable bonds is 9. The van der Waals surface area contributed by atoms with Gasteiger partial charge in [-0.3, -0.25) is 10.1 Å². The van der Waals surface area contributed by atoms with E-state index in [1.165, 1.54) is 0 Å². The second kappa shape index (κ2) is 9.05. The first-order valence-corrected chi connectivity index (χ1v) is 7.73. The zero-order valence-corrected chi connectivity index (χ0v) is 13.6. The Bertz CT molecular complexity index is 440. The summed E-state index contributed by atoms with van der Waals surface area (Å²) < 4.78 is 0.730. The van der Waals surface area contributed by atoms with Gasteiger partial charge in [-0.2, -0.15) is 0 Å². The summed E-state index contributed by atoms with van der Waals surface area (Å²) in [5.41, 5.74) is 0.879. The van der Waals surface area contributed by atoms with Crippen molar-refractivity contribution in [2.24, 2.45) is 0 Å². The van der Waals surface area contributed by atoms with E-state index in [-0.39, 0.29) is 10.6 Å². The lowest BCUT2D eigenvalue weighted by Crippen LogP contribution is -2.32. The second-order valence-electron chi connectivity index (χ2n) is 4.64. The predicted octanol–water partition coefficient (Wildman–Crippen LogP) is 3.18. The summed E-state index contributed by atoms with van der Waals surface area (Å²) in [5, 5.41) is 14.3. The third-order valence-corrected chi connectivity index (χ3v) is 3.64. The van der Waals surface area contributed by atoms with Gasteiger partial charge >= 0.3 is 0 Å². The van der Waals surface area contributed by atoms with Gasteiger partial charge in [-0.05, 0) is 31.6 Å². The fraction of sp³-hybridized carbons (Fsp3) is 0.571. The van der Waals surface area contributed by atoms with E-state index in [1.807, 2.05) is 6.07 Å². The van der Waals surface area contributed by atoms with Crippen molar-refractivity contribution in [3.8, 4) is 0 Å². The summed E-state index contributed by atoms with van der Waals surface area (Å²) in [7, 11) is 0. The standard InChI is InChI=1S/C14H22BrN3O2/c1-3-8-17(4-2)9-7-16-11-12-5-6-13(15)10-14(12)18(19)20/h5-6,10,16H,3-4,7-9,11H2,1-2H3. The lowest BCUT2D eigenvalue weighted by molar-refractivity contribution is -0.385. The van der Waals surface area contributed by atoms with Gasteiger partial charge in [-0.1, -0.05) is 29.8 Å². The number of nitro groups is 1. The van der Waals surface area contributed by atoms with Crippen molar-refractivity contribution in [3.63, 3.8) is 0 Å². The minimum Gasteiger partial charge on any atom is -0.311 e. The molecular weight excluding hydrogens is 322 g/mol. The zero-order valence-electron chi connectivity index (χ0n) is 12.1. The molecule has 0 saturated heterocycles. The number of nitro benzene ring substituents is 1. The van der Waals surface area contributed by atoms with E-state index in [0.717, 1.165) is 42.6 Å². The van der Waals surface area contributed by atoms with E-state index in [4.69, 9.17) is 0 Å². The molecule has 0 saturated carbocycles. The Kier molecular flexibility index (Phi) is 7.72. The number of nitrogens with one attached hydrogen (secondary N) is 1. The van der Waals surface area contributed by atoms with Crippen molar-refractivity contribution in [2.75, 3.05) is 26.2 Å². The fourth-order valence-electron chi connectivity index (χ4n) is 2.06. The number of halogens is 1. The smallest absolute Gasteiger partial charge is 0.275 e. The minimum absolute atomic E-state index is 0.160. The van der Waals surface area contributed by atoms with Crippen LogP contribution in [0.1, 0.15) is 25.8 Å². The predicted molar refractivity (Wildman–Crippen MR) is 84.9 cm³/mol. The van der Waals surface area contributed by atoms with Gasteiger partial charge in [0.25, 0.3) is 5.69 Å². The lowest BCUT2D eigenvalue weighted by Gasteiger charge is -2.19. The second-order valence-corrected chi connectivity index (χ2v) is 5.56. The highest BCUT2D eigenvalue weighted by Crippen LogP contribution is 2.23. The molecule has 0 aliphatic carbocycles. The summed E-state index contributed by atoms with van der Waals surface area (Å²) in [6.45, 7) is 8.77. The molecular formula is C14H22BrN3O2. The van der Waals surface area contributed by atoms with Crippen molar-refractivity contribution in [1.29, 1.82) is 0 Å². The molecule has 0 heterocycles. The molecule has 0 spiro atoms. The molecule has 0 bridgehead atoms. The fourth-order valence-corrected chi connectivity index (χ4v) is 2.41. The molecule has 5 nitrogen and oxygen atoms in total. The summed E-state index contributed by atoms with van der Waals surface area (Å²) in [6, 6.07) is 5.17. The normalized spacial score (nSPS) is 11.0. The van der Waals surface area contributed by atoms with E-state index in [2.05, 4.69) is 40.0 Å². The van der Waals surface area contributed by atoms with Crippen molar-refractivity contribution in [1.82, 2.24) is 10.2 Å². The molecule has 6 heteroatoms. The molecule has 0 radical (unpaired) electrons. The van der Waals surface area contributed by atoms with Crippen LogP contribution in [0, 0.1) is 10.1 Å². The van der Waals surface area contributed by atoms with Crippen LogP contribution < -0.4 is 5.32 Å².